The van der Waals surface area contributed by atoms with Crippen molar-refractivity contribution >= 4 is 52.5 Å². The summed E-state index contributed by atoms with van der Waals surface area (Å²) in [4.78, 5) is 39.5. The number of nitrogens with one attached hydrogen (secondary N) is 2. The fourth-order valence-corrected chi connectivity index (χ4v) is 3.53. The third-order valence-corrected chi connectivity index (χ3v) is 5.45. The Morgan fingerprint density at radius 2 is 1.80 bits per heavy atom. The minimum Gasteiger partial charge on any atom is -0.322 e. The fraction of sp³-hybridized carbons (Fsp3) is 0.174. The zero-order chi connectivity index (χ0) is 21.9. The van der Waals surface area contributed by atoms with Gasteiger partial charge in [-0.15, -0.1) is 11.3 Å². The summed E-state index contributed by atoms with van der Waals surface area (Å²) >= 11 is 7.07. The molecule has 7 heteroatoms. The number of aromatic amines is 1. The summed E-state index contributed by atoms with van der Waals surface area (Å²) in [5.74, 6) is -0.311. The Kier molecular flexibility index (Phi) is 6.39. The van der Waals surface area contributed by atoms with Crippen molar-refractivity contribution in [3.05, 3.63) is 84.2 Å². The molecule has 3 rings (SSSR count). The molecule has 0 atom stereocenters. The largest absolute Gasteiger partial charge is 0.322 e. The van der Waals surface area contributed by atoms with Crippen LogP contribution >= 0.6 is 22.9 Å². The second kappa shape index (κ2) is 8.81. The topological polar surface area (TPSA) is 79.0 Å². The van der Waals surface area contributed by atoms with E-state index in [1.807, 2.05) is 26.8 Å². The van der Waals surface area contributed by atoms with Gasteiger partial charge in [0.15, 0.2) is 5.78 Å². The van der Waals surface area contributed by atoms with Crippen LogP contribution in [-0.4, -0.2) is 16.7 Å². The van der Waals surface area contributed by atoms with E-state index in [-0.39, 0.29) is 17.2 Å². The van der Waals surface area contributed by atoms with Crippen molar-refractivity contribution < 1.29 is 9.59 Å². The zero-order valence-corrected chi connectivity index (χ0v) is 18.4. The van der Waals surface area contributed by atoms with Crippen LogP contribution in [0.1, 0.15) is 36.7 Å². The van der Waals surface area contributed by atoms with E-state index in [4.69, 9.17) is 11.6 Å². The Bertz CT molecular complexity index is 1270. The monoisotopic (exact) mass is 440 g/mol. The lowest BCUT2D eigenvalue weighted by Gasteiger charge is -2.12. The molecule has 0 fully saturated rings. The van der Waals surface area contributed by atoms with E-state index >= 15 is 0 Å². The SMILES string of the molecule is CC(C)(C)C(=O)/C=c1\[nH]c(=O)/c(=C\c2cccc(NC(=O)c3ccc(Cl)cc3)c2)s1. The molecule has 0 unspecified atom stereocenters. The molecule has 2 N–H and O–H groups in total. The number of halogens is 1. The minimum atomic E-state index is -0.513. The molecule has 0 bridgehead atoms. The maximum atomic E-state index is 12.4. The number of anilines is 1. The molecular formula is C23H21ClN2O3S. The predicted molar refractivity (Wildman–Crippen MR) is 123 cm³/mol. The van der Waals surface area contributed by atoms with Crippen molar-refractivity contribution in [1.29, 1.82) is 0 Å². The second-order valence-electron chi connectivity index (χ2n) is 7.77. The van der Waals surface area contributed by atoms with Crippen molar-refractivity contribution in [3.8, 4) is 0 Å². The molecule has 30 heavy (non-hydrogen) atoms. The van der Waals surface area contributed by atoms with Crippen LogP contribution in [0.25, 0.3) is 12.2 Å². The maximum absolute atomic E-state index is 12.4. The molecule has 0 spiro atoms. The number of ketones is 1. The number of benzene rings is 2. The lowest BCUT2D eigenvalue weighted by molar-refractivity contribution is -0.119. The summed E-state index contributed by atoms with van der Waals surface area (Å²) in [6.07, 6.45) is 3.19. The Morgan fingerprint density at radius 1 is 1.10 bits per heavy atom. The standard InChI is InChI=1S/C23H21ClN2O3S/c1-23(2,3)19(27)13-20-26-22(29)18(30-20)12-14-5-4-6-17(11-14)25-21(28)15-7-9-16(24)10-8-15/h4-13H,1-3H3,(H,25,28)(H,26,29)/b18-12+,20-13+. The van der Waals surface area contributed by atoms with Crippen LogP contribution in [0.4, 0.5) is 5.69 Å². The van der Waals surface area contributed by atoms with E-state index in [1.54, 1.807) is 48.5 Å². The predicted octanol–water partition coefficient (Wildman–Crippen LogP) is 3.57. The highest BCUT2D eigenvalue weighted by Crippen LogP contribution is 2.15. The first kappa shape index (κ1) is 21.7. The molecule has 5 nitrogen and oxygen atoms in total. The van der Waals surface area contributed by atoms with E-state index in [0.29, 0.717) is 25.5 Å². The minimum absolute atomic E-state index is 0.0570. The summed E-state index contributed by atoms with van der Waals surface area (Å²) < 4.78 is 0.988. The molecule has 3 aromatic rings. The van der Waals surface area contributed by atoms with Crippen LogP contribution in [0.3, 0.4) is 0 Å². The number of amides is 1. The van der Waals surface area contributed by atoms with E-state index in [0.717, 1.165) is 5.56 Å². The van der Waals surface area contributed by atoms with Crippen molar-refractivity contribution in [2.24, 2.45) is 5.41 Å². The molecule has 1 aromatic heterocycles. The van der Waals surface area contributed by atoms with Gasteiger partial charge in [-0.3, -0.25) is 14.4 Å². The number of rotatable bonds is 4. The molecule has 1 heterocycles. The van der Waals surface area contributed by atoms with Crippen molar-refractivity contribution in [2.75, 3.05) is 5.32 Å². The van der Waals surface area contributed by atoms with Gasteiger partial charge in [0.25, 0.3) is 11.5 Å². The Morgan fingerprint density at radius 3 is 2.47 bits per heavy atom. The number of thiazole rings is 1. The maximum Gasteiger partial charge on any atom is 0.266 e. The molecule has 0 aliphatic heterocycles. The normalized spacial score (nSPS) is 12.8. The van der Waals surface area contributed by atoms with E-state index < -0.39 is 5.41 Å². The number of carbonyl (C=O) groups excluding carboxylic acids is 2. The lowest BCUT2D eigenvalue weighted by atomic mass is 9.91. The van der Waals surface area contributed by atoms with Crippen LogP contribution in [0.5, 0.6) is 0 Å². The third-order valence-electron chi connectivity index (χ3n) is 4.23. The molecule has 0 aliphatic rings. The molecule has 1 amide bonds. The number of Topliss-reactive ketones (excluding diaryl/α,β-unsaturated/α-hetero) is 1. The van der Waals surface area contributed by atoms with Crippen molar-refractivity contribution in [2.45, 2.75) is 20.8 Å². The molecule has 154 valence electrons. The van der Waals surface area contributed by atoms with E-state index in [1.165, 1.54) is 17.4 Å². The van der Waals surface area contributed by atoms with Crippen LogP contribution in [0, 0.1) is 5.41 Å². The fourth-order valence-electron chi connectivity index (χ4n) is 2.52. The highest BCUT2D eigenvalue weighted by molar-refractivity contribution is 7.07. The van der Waals surface area contributed by atoms with Gasteiger partial charge in [-0.05, 0) is 48.0 Å². The average Bonchev–Trinajstić information content (AvgIpc) is 3.00. The smallest absolute Gasteiger partial charge is 0.266 e. The Hall–Kier alpha value is -2.96. The van der Waals surface area contributed by atoms with Crippen LogP contribution < -0.4 is 20.1 Å². The van der Waals surface area contributed by atoms with Crippen LogP contribution in [-0.2, 0) is 4.79 Å². The molecule has 0 radical (unpaired) electrons. The molecule has 0 aliphatic carbocycles. The third kappa shape index (κ3) is 5.55. The molecule has 2 aromatic carbocycles. The van der Waals surface area contributed by atoms with Gasteiger partial charge in [0.05, 0.1) is 9.20 Å². The van der Waals surface area contributed by atoms with E-state index in [9.17, 15) is 14.4 Å². The van der Waals surface area contributed by atoms with Gasteiger partial charge in [0.2, 0.25) is 0 Å². The van der Waals surface area contributed by atoms with Gasteiger partial charge in [-0.25, -0.2) is 0 Å². The van der Waals surface area contributed by atoms with Gasteiger partial charge >= 0.3 is 0 Å². The summed E-state index contributed by atoms with van der Waals surface area (Å²) in [6.45, 7) is 5.48. The quantitative estimate of drug-likeness (QED) is 0.651. The number of aromatic nitrogens is 1. The molecular weight excluding hydrogens is 420 g/mol. The van der Waals surface area contributed by atoms with Gasteiger partial charge in [0.1, 0.15) is 0 Å². The Balaban J connectivity index is 1.86. The second-order valence-corrected chi connectivity index (χ2v) is 9.29. The van der Waals surface area contributed by atoms with Crippen molar-refractivity contribution in [3.63, 3.8) is 0 Å². The summed E-state index contributed by atoms with van der Waals surface area (Å²) in [5.41, 5.74) is 1.08. The van der Waals surface area contributed by atoms with Crippen LogP contribution in [0.2, 0.25) is 5.02 Å². The number of carbonyl (C=O) groups is 2. The number of hydrogen-bond acceptors (Lipinski definition) is 4. The van der Waals surface area contributed by atoms with Gasteiger partial charge in [0, 0.05) is 27.8 Å². The average molecular weight is 441 g/mol. The number of H-pyrrole nitrogens is 1. The van der Waals surface area contributed by atoms with E-state index in [2.05, 4.69) is 10.3 Å². The van der Waals surface area contributed by atoms with Gasteiger partial charge < -0.3 is 10.3 Å². The summed E-state index contributed by atoms with van der Waals surface area (Å²) in [6, 6.07) is 13.8. The van der Waals surface area contributed by atoms with Crippen LogP contribution in [0.15, 0.2) is 53.3 Å². The first-order valence-electron chi connectivity index (χ1n) is 9.26. The van der Waals surface area contributed by atoms with Gasteiger partial charge in [-0.1, -0.05) is 44.5 Å². The first-order chi connectivity index (χ1) is 14.1. The molecule has 0 saturated heterocycles. The van der Waals surface area contributed by atoms with Gasteiger partial charge in [-0.2, -0.15) is 0 Å². The van der Waals surface area contributed by atoms with Crippen molar-refractivity contribution in [1.82, 2.24) is 4.98 Å². The molecule has 0 saturated carbocycles. The zero-order valence-electron chi connectivity index (χ0n) is 16.8. The number of hydrogen-bond donors (Lipinski definition) is 2. The highest BCUT2D eigenvalue weighted by Gasteiger charge is 2.18. The Labute approximate surface area is 182 Å². The summed E-state index contributed by atoms with van der Waals surface area (Å²) in [5, 5.41) is 3.39. The lowest BCUT2D eigenvalue weighted by Crippen LogP contribution is -2.22. The summed E-state index contributed by atoms with van der Waals surface area (Å²) in [7, 11) is 0. The first-order valence-corrected chi connectivity index (χ1v) is 10.5. The highest BCUT2D eigenvalue weighted by atomic mass is 35.5.